The van der Waals surface area contributed by atoms with E-state index in [2.05, 4.69) is 5.92 Å². The van der Waals surface area contributed by atoms with Crippen LogP contribution in [0.3, 0.4) is 0 Å². The maximum absolute atomic E-state index is 14.0. The molecule has 370 valence electrons. The summed E-state index contributed by atoms with van der Waals surface area (Å²) in [5.41, 5.74) is 1.78. The Labute approximate surface area is 392 Å². The molecule has 0 radical (unpaired) electrons. The zero-order valence-electron chi connectivity index (χ0n) is 40.6. The van der Waals surface area contributed by atoms with Crippen molar-refractivity contribution in [2.24, 2.45) is 23.7 Å². The van der Waals surface area contributed by atoms with Crippen LogP contribution in [0, 0.1) is 36.0 Å². The molecule has 1 aromatic carbocycles. The number of nitrogens with zero attached hydrogens (tertiary/aromatic N) is 1. The average molecular weight is 928 g/mol. The lowest BCUT2D eigenvalue weighted by atomic mass is 9.79. The molecule has 3 aliphatic rings. The summed E-state index contributed by atoms with van der Waals surface area (Å²) in [6.45, 7) is 11.6. The number of carbonyl (C=O) groups is 2. The molecule has 0 aromatic heterocycles. The first-order valence-corrected chi connectivity index (χ1v) is 23.3. The predicted molar refractivity (Wildman–Crippen MR) is 249 cm³/mol. The molecule has 3 heterocycles. The van der Waals surface area contributed by atoms with Gasteiger partial charge in [0, 0.05) is 38.6 Å². The van der Waals surface area contributed by atoms with Gasteiger partial charge in [0.15, 0.2) is 18.4 Å². The Bertz CT molecular complexity index is 1750. The van der Waals surface area contributed by atoms with E-state index in [9.17, 15) is 24.9 Å². The number of hydrogen-bond acceptors (Lipinski definition) is 15. The zero-order valence-corrected chi connectivity index (χ0v) is 40.6. The van der Waals surface area contributed by atoms with Crippen molar-refractivity contribution in [1.29, 1.82) is 0 Å². The molecule has 0 spiro atoms. The molecule has 4 rings (SSSR count). The Morgan fingerprint density at radius 3 is 2.24 bits per heavy atom. The standard InChI is InChI=1S/C51H77NO14/c1-12-24-61-47-35(7)64-50(45(57)43(47)52(8)9)66-46-33(5)40(54)29-42(55)65-41(13-2)38(30-62-51-49(59-11)48(58-10)44(56)34(6)63-51)27-31(3)21-22-39(53)32(4)28-37(46)23-26-60-25-17-20-36-18-15-14-16-19-36/h1,14-22,27,32-35,37-38,40-41,43-51,54,56-57H,13,23-26,28-30H2,2-11H3/b20-17+,22-21+,31-27+/t32-,33+,34-,35-,37+,38-,40-,41-,43-,44-,45-,46-,47-,48-,49-,50?,51-/m1/s1. The van der Waals surface area contributed by atoms with Crippen molar-refractivity contribution in [3.63, 3.8) is 0 Å². The largest absolute Gasteiger partial charge is 0.462 e. The molecule has 0 saturated carbocycles. The van der Waals surface area contributed by atoms with E-state index in [4.69, 9.17) is 49.1 Å². The Hall–Kier alpha value is -3.34. The number of hydrogen-bond donors (Lipinski definition) is 3. The van der Waals surface area contributed by atoms with Crippen LogP contribution in [0.2, 0.25) is 0 Å². The molecular weight excluding hydrogens is 851 g/mol. The highest BCUT2D eigenvalue weighted by Crippen LogP contribution is 2.36. The zero-order chi connectivity index (χ0) is 48.5. The van der Waals surface area contributed by atoms with E-state index in [1.165, 1.54) is 14.2 Å². The van der Waals surface area contributed by atoms with Gasteiger partial charge >= 0.3 is 5.97 Å². The van der Waals surface area contributed by atoms with Gasteiger partial charge in [-0.25, -0.2) is 0 Å². The van der Waals surface area contributed by atoms with Gasteiger partial charge in [0.25, 0.3) is 0 Å². The Balaban J connectivity index is 1.67. The second-order valence-corrected chi connectivity index (χ2v) is 18.1. The fourth-order valence-corrected chi connectivity index (χ4v) is 9.18. The fourth-order valence-electron chi connectivity index (χ4n) is 9.18. The predicted octanol–water partition coefficient (Wildman–Crippen LogP) is 4.75. The van der Waals surface area contributed by atoms with Crippen LogP contribution in [0.25, 0.3) is 6.08 Å². The van der Waals surface area contributed by atoms with Crippen LogP contribution in [0.5, 0.6) is 0 Å². The summed E-state index contributed by atoms with van der Waals surface area (Å²) >= 11 is 0. The molecule has 15 nitrogen and oxygen atoms in total. The first-order chi connectivity index (χ1) is 31.5. The molecule has 0 amide bonds. The second-order valence-electron chi connectivity index (χ2n) is 18.1. The van der Waals surface area contributed by atoms with Crippen molar-refractivity contribution in [3.05, 3.63) is 65.8 Å². The minimum Gasteiger partial charge on any atom is -0.462 e. The third-order valence-corrected chi connectivity index (χ3v) is 13.0. The topological polar surface area (TPSA) is 181 Å². The van der Waals surface area contributed by atoms with Crippen LogP contribution >= 0.6 is 0 Å². The molecular formula is C51H77NO14. The van der Waals surface area contributed by atoms with Crippen molar-refractivity contribution in [2.75, 3.05) is 54.7 Å². The number of aliphatic hydroxyl groups excluding tert-OH is 3. The van der Waals surface area contributed by atoms with Crippen molar-refractivity contribution >= 4 is 17.8 Å². The lowest BCUT2D eigenvalue weighted by Gasteiger charge is -2.48. The maximum Gasteiger partial charge on any atom is 0.308 e. The van der Waals surface area contributed by atoms with Crippen LogP contribution in [-0.2, 0) is 52.2 Å². The number of cyclic esters (lactones) is 1. The molecule has 66 heavy (non-hydrogen) atoms. The number of terminal acetylenes is 1. The number of esters is 1. The summed E-state index contributed by atoms with van der Waals surface area (Å²) in [5.74, 6) is -0.417. The number of benzene rings is 1. The van der Waals surface area contributed by atoms with Gasteiger partial charge in [-0.05, 0) is 71.7 Å². The first kappa shape index (κ1) is 55.3. The van der Waals surface area contributed by atoms with Crippen molar-refractivity contribution in [2.45, 2.75) is 147 Å². The number of aliphatic hydroxyl groups is 3. The number of carbonyl (C=O) groups excluding carboxylic acids is 2. The van der Waals surface area contributed by atoms with Gasteiger partial charge in [0.1, 0.15) is 43.2 Å². The number of allylic oxidation sites excluding steroid dienone is 3. The summed E-state index contributed by atoms with van der Waals surface area (Å²) in [6, 6.07) is 9.32. The monoisotopic (exact) mass is 928 g/mol. The third kappa shape index (κ3) is 15.6. The summed E-state index contributed by atoms with van der Waals surface area (Å²) in [4.78, 5) is 29.8. The minimum absolute atomic E-state index is 0.0240. The van der Waals surface area contributed by atoms with E-state index in [0.717, 1.165) is 11.1 Å². The highest BCUT2D eigenvalue weighted by atomic mass is 16.7. The maximum atomic E-state index is 14.0. The highest BCUT2D eigenvalue weighted by molar-refractivity contribution is 5.91. The normalized spacial score (nSPS) is 37.8. The Kier molecular flexibility index (Phi) is 23.1. The van der Waals surface area contributed by atoms with E-state index >= 15 is 0 Å². The number of rotatable bonds is 17. The first-order valence-electron chi connectivity index (χ1n) is 23.3. The summed E-state index contributed by atoms with van der Waals surface area (Å²) in [5, 5.41) is 34.6. The molecule has 2 fully saturated rings. The molecule has 15 heteroatoms. The average Bonchev–Trinajstić information content (AvgIpc) is 3.29. The van der Waals surface area contributed by atoms with Gasteiger partial charge in [0.05, 0.1) is 50.1 Å². The van der Waals surface area contributed by atoms with E-state index in [1.807, 2.05) is 95.3 Å². The Morgan fingerprint density at radius 1 is 0.894 bits per heavy atom. The lowest BCUT2D eigenvalue weighted by molar-refractivity contribution is -0.308. The number of methoxy groups -OCH3 is 2. The Morgan fingerprint density at radius 2 is 1.59 bits per heavy atom. The van der Waals surface area contributed by atoms with Crippen LogP contribution < -0.4 is 0 Å². The van der Waals surface area contributed by atoms with Gasteiger partial charge in [-0.3, -0.25) is 9.59 Å². The molecule has 0 aliphatic carbocycles. The molecule has 1 unspecified atom stereocenters. The number of likely N-dealkylation sites (N-methyl/N-ethyl adjacent to an activating group) is 1. The lowest BCUT2D eigenvalue weighted by Crippen LogP contribution is -2.64. The van der Waals surface area contributed by atoms with Gasteiger partial charge in [-0.15, -0.1) is 6.42 Å². The molecule has 3 aliphatic heterocycles. The van der Waals surface area contributed by atoms with E-state index in [0.29, 0.717) is 32.5 Å². The van der Waals surface area contributed by atoms with Crippen molar-refractivity contribution < 1.29 is 67.5 Å². The smallest absolute Gasteiger partial charge is 0.308 e. The minimum atomic E-state index is -1.27. The molecule has 3 N–H and O–H groups in total. The summed E-state index contributed by atoms with van der Waals surface area (Å²) in [7, 11) is 6.62. The molecule has 1 aromatic rings. The number of ether oxygens (including phenoxy) is 9. The molecule has 17 atom stereocenters. The van der Waals surface area contributed by atoms with Gasteiger partial charge in [-0.1, -0.05) is 86.9 Å². The second kappa shape index (κ2) is 27.6. The SMILES string of the molecule is C#CCO[C@H]1[C@H](N(C)C)[C@@H](O)C(O[C@H]2[C@@H](CCOC/C=C/c3ccccc3)C[C@@H](C)C(=O)/C=C/C(C)=C/[C@H](CO[C@@H]3O[C@H](C)[C@@H](O)[C@@H](OC)[C@H]3OC)[C@@H](CC)OC(=O)C[C@@H](O)[C@@H]2C)O[C@@H]1C. The quantitative estimate of drug-likeness (QED) is 0.111. The van der Waals surface area contributed by atoms with Gasteiger partial charge in [-0.2, -0.15) is 0 Å². The van der Waals surface area contributed by atoms with E-state index in [1.54, 1.807) is 26.0 Å². The molecule has 0 bridgehead atoms. The summed E-state index contributed by atoms with van der Waals surface area (Å²) in [6.07, 6.45) is 5.15. The van der Waals surface area contributed by atoms with E-state index in [-0.39, 0.29) is 25.4 Å². The number of ketones is 1. The highest BCUT2D eigenvalue weighted by Gasteiger charge is 2.49. The van der Waals surface area contributed by atoms with E-state index < -0.39 is 109 Å². The fraction of sp³-hybridized carbons (Fsp3) is 0.686. The third-order valence-electron chi connectivity index (χ3n) is 13.0. The molecule has 2 saturated heterocycles. The van der Waals surface area contributed by atoms with Crippen LogP contribution in [0.15, 0.2) is 60.2 Å². The van der Waals surface area contributed by atoms with Gasteiger partial charge < -0.3 is 62.9 Å². The van der Waals surface area contributed by atoms with Crippen molar-refractivity contribution in [1.82, 2.24) is 4.90 Å². The van der Waals surface area contributed by atoms with Crippen molar-refractivity contribution in [3.8, 4) is 12.3 Å². The van der Waals surface area contributed by atoms with Crippen LogP contribution in [0.1, 0.15) is 72.8 Å². The van der Waals surface area contributed by atoms with Gasteiger partial charge in [0.2, 0.25) is 0 Å². The van der Waals surface area contributed by atoms with Crippen LogP contribution in [0.4, 0.5) is 0 Å². The summed E-state index contributed by atoms with van der Waals surface area (Å²) < 4.78 is 54.9. The van der Waals surface area contributed by atoms with Crippen LogP contribution in [-0.4, -0.2) is 166 Å².